The molecule has 0 bridgehead atoms. The second kappa shape index (κ2) is 10.1. The molecular weight excluding hydrogens is 523 g/mol. The molecule has 0 radical (unpaired) electrons. The summed E-state index contributed by atoms with van der Waals surface area (Å²) < 4.78 is 25.2. The van der Waals surface area contributed by atoms with Crippen molar-refractivity contribution in [3.05, 3.63) is 93.7 Å². The molecule has 3 aromatic carbocycles. The van der Waals surface area contributed by atoms with E-state index in [9.17, 15) is 14.0 Å². The maximum absolute atomic E-state index is 13.2. The van der Waals surface area contributed by atoms with Gasteiger partial charge in [-0.25, -0.2) is 4.39 Å². The molecular formula is C25H18BrFN2O4S. The van der Waals surface area contributed by atoms with Gasteiger partial charge in [-0.2, -0.15) is 0 Å². The lowest BCUT2D eigenvalue weighted by atomic mass is 10.1. The highest BCUT2D eigenvalue weighted by Gasteiger charge is 2.34. The molecule has 1 aliphatic rings. The van der Waals surface area contributed by atoms with E-state index in [4.69, 9.17) is 21.7 Å². The smallest absolute Gasteiger partial charge is 0.270 e. The van der Waals surface area contributed by atoms with Crippen molar-refractivity contribution in [2.45, 2.75) is 6.61 Å². The number of anilines is 1. The van der Waals surface area contributed by atoms with Crippen LogP contribution in [0.1, 0.15) is 11.1 Å². The summed E-state index contributed by atoms with van der Waals surface area (Å²) in [6.07, 6.45) is 1.47. The first-order valence-electron chi connectivity index (χ1n) is 10.1. The van der Waals surface area contributed by atoms with Gasteiger partial charge >= 0.3 is 0 Å². The zero-order valence-electron chi connectivity index (χ0n) is 17.9. The molecule has 2 amide bonds. The van der Waals surface area contributed by atoms with Gasteiger partial charge < -0.3 is 9.47 Å². The molecule has 0 aliphatic carbocycles. The molecule has 0 saturated carbocycles. The highest BCUT2D eigenvalue weighted by Crippen LogP contribution is 2.31. The van der Waals surface area contributed by atoms with Crippen LogP contribution in [-0.2, 0) is 16.2 Å². The Morgan fingerprint density at radius 1 is 1.03 bits per heavy atom. The number of nitrogens with one attached hydrogen (secondary N) is 1. The zero-order valence-corrected chi connectivity index (χ0v) is 20.3. The van der Waals surface area contributed by atoms with Gasteiger partial charge in [0.05, 0.1) is 12.8 Å². The van der Waals surface area contributed by atoms with Crippen LogP contribution in [0.5, 0.6) is 11.5 Å². The Balaban J connectivity index is 1.58. The lowest BCUT2D eigenvalue weighted by Gasteiger charge is -2.29. The summed E-state index contributed by atoms with van der Waals surface area (Å²) in [5, 5.41) is 2.57. The third-order valence-corrected chi connectivity index (χ3v) is 5.81. The molecule has 0 unspecified atom stereocenters. The summed E-state index contributed by atoms with van der Waals surface area (Å²) in [6.45, 7) is 0.220. The van der Waals surface area contributed by atoms with Gasteiger partial charge in [0.1, 0.15) is 18.0 Å². The van der Waals surface area contributed by atoms with Crippen LogP contribution in [-0.4, -0.2) is 24.0 Å². The van der Waals surface area contributed by atoms with Crippen molar-refractivity contribution in [2.24, 2.45) is 0 Å². The van der Waals surface area contributed by atoms with Crippen molar-refractivity contribution in [1.29, 1.82) is 0 Å². The maximum Gasteiger partial charge on any atom is 0.270 e. The molecule has 9 heteroatoms. The minimum atomic E-state index is -0.584. The number of methoxy groups -OCH3 is 1. The van der Waals surface area contributed by atoms with Crippen molar-refractivity contribution in [2.75, 3.05) is 12.0 Å². The topological polar surface area (TPSA) is 67.9 Å². The minimum absolute atomic E-state index is 0.0107. The summed E-state index contributed by atoms with van der Waals surface area (Å²) in [5.41, 5.74) is 1.82. The molecule has 1 N–H and O–H groups in total. The van der Waals surface area contributed by atoms with Crippen LogP contribution in [0.25, 0.3) is 6.08 Å². The standard InChI is InChI=1S/C25H18BrFN2O4S/c1-32-22-13-16(4-11-21(22)33-14-15-2-7-18(27)8-3-15)12-20-23(30)28-25(34)29(24(20)31)19-9-5-17(26)6-10-19/h2-13H,14H2,1H3,(H,28,30,34). The van der Waals surface area contributed by atoms with E-state index in [1.807, 2.05) is 0 Å². The molecule has 172 valence electrons. The number of benzene rings is 3. The van der Waals surface area contributed by atoms with Crippen LogP contribution in [0.2, 0.25) is 0 Å². The maximum atomic E-state index is 13.2. The second-order valence-corrected chi connectivity index (χ2v) is 8.56. The highest BCUT2D eigenvalue weighted by molar-refractivity contribution is 9.10. The van der Waals surface area contributed by atoms with Crippen LogP contribution in [0.3, 0.4) is 0 Å². The molecule has 1 heterocycles. The third-order valence-electron chi connectivity index (χ3n) is 4.99. The number of rotatable bonds is 6. The third kappa shape index (κ3) is 5.16. The van der Waals surface area contributed by atoms with E-state index in [-0.39, 0.29) is 23.1 Å². The Morgan fingerprint density at radius 3 is 2.41 bits per heavy atom. The molecule has 34 heavy (non-hydrogen) atoms. The minimum Gasteiger partial charge on any atom is -0.493 e. The number of amides is 2. The van der Waals surface area contributed by atoms with E-state index in [2.05, 4.69) is 21.2 Å². The van der Waals surface area contributed by atoms with Gasteiger partial charge in [-0.05, 0) is 78.0 Å². The van der Waals surface area contributed by atoms with E-state index < -0.39 is 11.8 Å². The van der Waals surface area contributed by atoms with Gasteiger partial charge in [-0.15, -0.1) is 0 Å². The Labute approximate surface area is 209 Å². The normalized spacial score (nSPS) is 14.9. The Kier molecular flexibility index (Phi) is 7.04. The van der Waals surface area contributed by atoms with Crippen molar-refractivity contribution >= 4 is 56.8 Å². The molecule has 1 fully saturated rings. The molecule has 4 rings (SSSR count). The lowest BCUT2D eigenvalue weighted by molar-refractivity contribution is -0.122. The molecule has 6 nitrogen and oxygen atoms in total. The first-order chi connectivity index (χ1) is 16.4. The number of hydrogen-bond donors (Lipinski definition) is 1. The van der Waals surface area contributed by atoms with Crippen molar-refractivity contribution in [1.82, 2.24) is 5.32 Å². The van der Waals surface area contributed by atoms with Gasteiger partial charge in [-0.1, -0.05) is 34.1 Å². The van der Waals surface area contributed by atoms with Crippen LogP contribution < -0.4 is 19.7 Å². The fourth-order valence-corrected chi connectivity index (χ4v) is 3.83. The molecule has 1 saturated heterocycles. The number of hydrogen-bond acceptors (Lipinski definition) is 5. The molecule has 1 aliphatic heterocycles. The Bertz CT molecular complexity index is 1290. The van der Waals surface area contributed by atoms with Crippen LogP contribution in [0.4, 0.5) is 10.1 Å². The Hall–Kier alpha value is -3.56. The van der Waals surface area contributed by atoms with Gasteiger partial charge in [0.25, 0.3) is 11.8 Å². The predicted octanol–water partition coefficient (Wildman–Crippen LogP) is 5.01. The highest BCUT2D eigenvalue weighted by atomic mass is 79.9. The van der Waals surface area contributed by atoms with E-state index in [1.165, 1.54) is 30.2 Å². The SMILES string of the molecule is COc1cc(C=C2C(=O)NC(=S)N(c3ccc(Br)cc3)C2=O)ccc1OCc1ccc(F)cc1. The molecule has 0 atom stereocenters. The fourth-order valence-electron chi connectivity index (χ4n) is 3.28. The van der Waals surface area contributed by atoms with Gasteiger partial charge in [-0.3, -0.25) is 19.8 Å². The summed E-state index contributed by atoms with van der Waals surface area (Å²) >= 11 is 8.58. The summed E-state index contributed by atoms with van der Waals surface area (Å²) in [7, 11) is 1.49. The Morgan fingerprint density at radius 2 is 1.74 bits per heavy atom. The van der Waals surface area contributed by atoms with E-state index in [0.717, 1.165) is 10.0 Å². The van der Waals surface area contributed by atoms with Crippen LogP contribution in [0, 0.1) is 5.82 Å². The number of ether oxygens (including phenoxy) is 2. The summed E-state index contributed by atoms with van der Waals surface area (Å²) in [5.74, 6) is -0.559. The zero-order chi connectivity index (χ0) is 24.2. The average Bonchev–Trinajstić information content (AvgIpc) is 2.83. The van der Waals surface area contributed by atoms with E-state index in [0.29, 0.717) is 22.7 Å². The summed E-state index contributed by atoms with van der Waals surface area (Å²) in [6, 6.07) is 18.0. The first-order valence-corrected chi connectivity index (χ1v) is 11.3. The molecule has 3 aromatic rings. The number of thiocarbonyl (C=S) groups is 1. The number of halogens is 2. The molecule has 0 spiro atoms. The number of carbonyl (C=O) groups excluding carboxylic acids is 2. The largest absolute Gasteiger partial charge is 0.493 e. The van der Waals surface area contributed by atoms with Gasteiger partial charge in [0, 0.05) is 4.47 Å². The molecule has 0 aromatic heterocycles. The van der Waals surface area contributed by atoms with Crippen LogP contribution in [0.15, 0.2) is 76.8 Å². The van der Waals surface area contributed by atoms with Crippen LogP contribution >= 0.6 is 28.1 Å². The number of nitrogens with zero attached hydrogens (tertiary/aromatic N) is 1. The fraction of sp³-hybridized carbons (Fsp3) is 0.0800. The van der Waals surface area contributed by atoms with Crippen molar-refractivity contribution in [3.63, 3.8) is 0 Å². The van der Waals surface area contributed by atoms with Crippen molar-refractivity contribution < 1.29 is 23.5 Å². The summed E-state index contributed by atoms with van der Waals surface area (Å²) in [4.78, 5) is 27.0. The first kappa shape index (κ1) is 23.6. The monoisotopic (exact) mass is 540 g/mol. The van der Waals surface area contributed by atoms with Gasteiger partial charge in [0.2, 0.25) is 0 Å². The van der Waals surface area contributed by atoms with Crippen molar-refractivity contribution in [3.8, 4) is 11.5 Å². The second-order valence-electron chi connectivity index (χ2n) is 7.26. The van der Waals surface area contributed by atoms with E-state index >= 15 is 0 Å². The van der Waals surface area contributed by atoms with Gasteiger partial charge in [0.15, 0.2) is 16.6 Å². The lowest BCUT2D eigenvalue weighted by Crippen LogP contribution is -2.54. The predicted molar refractivity (Wildman–Crippen MR) is 134 cm³/mol. The number of carbonyl (C=O) groups is 2. The van der Waals surface area contributed by atoms with E-state index in [1.54, 1.807) is 54.6 Å². The average molecular weight is 541 g/mol. The quantitative estimate of drug-likeness (QED) is 0.270.